The first kappa shape index (κ1) is 16.4. The molecule has 0 saturated carbocycles. The van der Waals surface area contributed by atoms with Gasteiger partial charge < -0.3 is 19.9 Å². The molecule has 0 aliphatic rings. The van der Waals surface area contributed by atoms with Gasteiger partial charge in [-0.3, -0.25) is 15.1 Å². The third-order valence-electron chi connectivity index (χ3n) is 2.22. The third-order valence-corrected chi connectivity index (χ3v) is 2.22. The van der Waals surface area contributed by atoms with E-state index in [1.165, 1.54) is 25.6 Å². The van der Waals surface area contributed by atoms with Crippen molar-refractivity contribution in [2.24, 2.45) is 0 Å². The number of rotatable bonds is 7. The molecular formula is C12H15N3O6. The van der Waals surface area contributed by atoms with Gasteiger partial charge in [0.15, 0.2) is 12.4 Å². The number of ether oxygens (including phenoxy) is 2. The molecule has 21 heavy (non-hydrogen) atoms. The van der Waals surface area contributed by atoms with Gasteiger partial charge in [0.05, 0.1) is 12.8 Å². The number of carboxylic acids is 1. The molecule has 0 atom stereocenters. The molecule has 1 aromatic heterocycles. The molecule has 0 saturated heterocycles. The Balaban J connectivity index is 2.43. The number of pyridine rings is 1. The lowest BCUT2D eigenvalue weighted by Gasteiger charge is -2.09. The Hall–Kier alpha value is -2.68. The monoisotopic (exact) mass is 297 g/mol. The summed E-state index contributed by atoms with van der Waals surface area (Å²) in [6, 6.07) is 0.554. The van der Waals surface area contributed by atoms with E-state index in [1.54, 1.807) is 0 Å². The summed E-state index contributed by atoms with van der Waals surface area (Å²) in [5, 5.41) is 13.3. The van der Waals surface area contributed by atoms with Gasteiger partial charge in [-0.15, -0.1) is 0 Å². The Bertz CT molecular complexity index is 519. The second-order valence-corrected chi connectivity index (χ2v) is 3.76. The third kappa shape index (κ3) is 5.87. The molecule has 3 amide bonds. The van der Waals surface area contributed by atoms with Gasteiger partial charge in [-0.2, -0.15) is 0 Å². The number of nitrogens with one attached hydrogen (secondary N) is 2. The van der Waals surface area contributed by atoms with Crippen LogP contribution in [-0.2, 0) is 9.53 Å². The largest absolute Gasteiger partial charge is 0.481 e. The summed E-state index contributed by atoms with van der Waals surface area (Å²) in [4.78, 5) is 37.3. The zero-order valence-corrected chi connectivity index (χ0v) is 11.3. The lowest BCUT2D eigenvalue weighted by Crippen LogP contribution is -2.42. The van der Waals surface area contributed by atoms with Crippen molar-refractivity contribution in [3.05, 3.63) is 24.0 Å². The van der Waals surface area contributed by atoms with Crippen molar-refractivity contribution in [2.45, 2.75) is 0 Å². The zero-order chi connectivity index (χ0) is 15.7. The van der Waals surface area contributed by atoms with E-state index in [9.17, 15) is 14.4 Å². The summed E-state index contributed by atoms with van der Waals surface area (Å²) in [7, 11) is 1.48. The fourth-order valence-corrected chi connectivity index (χ4v) is 1.29. The number of amides is 3. The maximum absolute atomic E-state index is 11.4. The molecule has 0 unspecified atom stereocenters. The molecule has 0 spiro atoms. The van der Waals surface area contributed by atoms with Crippen LogP contribution < -0.4 is 15.4 Å². The van der Waals surface area contributed by atoms with Crippen LogP contribution in [0.25, 0.3) is 0 Å². The van der Waals surface area contributed by atoms with Crippen molar-refractivity contribution in [1.29, 1.82) is 0 Å². The van der Waals surface area contributed by atoms with E-state index in [0.29, 0.717) is 6.61 Å². The van der Waals surface area contributed by atoms with Gasteiger partial charge in [-0.05, 0) is 6.07 Å². The molecule has 114 valence electrons. The number of hydrogen-bond donors (Lipinski definition) is 3. The molecule has 0 aliphatic heterocycles. The van der Waals surface area contributed by atoms with Crippen molar-refractivity contribution in [3.63, 3.8) is 0 Å². The maximum Gasteiger partial charge on any atom is 0.339 e. The summed E-state index contributed by atoms with van der Waals surface area (Å²) < 4.78 is 9.75. The standard InChI is InChI=1S/C12H15N3O6/c1-20-5-4-14-12(19)15-10(16)7-21-9-6-13-3-2-8(9)11(17)18/h2-3,6H,4-5,7H2,1H3,(H,17,18)(H2,14,15,16,19). The average Bonchev–Trinajstić information content (AvgIpc) is 2.45. The number of hydrogen-bond acceptors (Lipinski definition) is 6. The molecule has 0 radical (unpaired) electrons. The van der Waals surface area contributed by atoms with E-state index in [-0.39, 0.29) is 17.9 Å². The van der Waals surface area contributed by atoms with Crippen molar-refractivity contribution in [1.82, 2.24) is 15.6 Å². The molecule has 9 heteroatoms. The smallest absolute Gasteiger partial charge is 0.339 e. The number of aromatic carboxylic acids is 1. The molecule has 0 aromatic carbocycles. The van der Waals surface area contributed by atoms with E-state index < -0.39 is 24.5 Å². The first-order valence-corrected chi connectivity index (χ1v) is 5.91. The minimum atomic E-state index is -1.20. The van der Waals surface area contributed by atoms with Crippen LogP contribution in [0.5, 0.6) is 5.75 Å². The molecule has 0 fully saturated rings. The minimum Gasteiger partial charge on any atom is -0.481 e. The van der Waals surface area contributed by atoms with E-state index >= 15 is 0 Å². The average molecular weight is 297 g/mol. The normalized spacial score (nSPS) is 9.76. The Kier molecular flexibility index (Phi) is 6.61. The molecular weight excluding hydrogens is 282 g/mol. The summed E-state index contributed by atoms with van der Waals surface area (Å²) in [5.41, 5.74) is -0.123. The van der Waals surface area contributed by atoms with E-state index in [4.69, 9.17) is 14.6 Å². The Morgan fingerprint density at radius 2 is 2.14 bits per heavy atom. The van der Waals surface area contributed by atoms with E-state index in [1.807, 2.05) is 5.32 Å². The molecule has 3 N–H and O–H groups in total. The van der Waals surface area contributed by atoms with Crippen LogP contribution >= 0.6 is 0 Å². The fraction of sp³-hybridized carbons (Fsp3) is 0.333. The summed E-state index contributed by atoms with van der Waals surface area (Å²) in [6.45, 7) is 0.0572. The number of carbonyl (C=O) groups is 3. The second-order valence-electron chi connectivity index (χ2n) is 3.76. The lowest BCUT2D eigenvalue weighted by atomic mass is 10.2. The predicted molar refractivity (Wildman–Crippen MR) is 70.1 cm³/mol. The minimum absolute atomic E-state index is 0.0556. The Morgan fingerprint density at radius 3 is 2.81 bits per heavy atom. The second kappa shape index (κ2) is 8.48. The van der Waals surface area contributed by atoms with E-state index in [0.717, 1.165) is 0 Å². The molecule has 1 aromatic rings. The first-order chi connectivity index (χ1) is 10.0. The van der Waals surface area contributed by atoms with Crippen LogP contribution in [0.15, 0.2) is 18.5 Å². The topological polar surface area (TPSA) is 127 Å². The van der Waals surface area contributed by atoms with Gasteiger partial charge in [0.2, 0.25) is 0 Å². The quantitative estimate of drug-likeness (QED) is 0.586. The molecule has 1 rings (SSSR count). The van der Waals surface area contributed by atoms with Crippen LogP contribution in [0.2, 0.25) is 0 Å². The Morgan fingerprint density at radius 1 is 1.38 bits per heavy atom. The Labute approximate surface area is 120 Å². The van der Waals surface area contributed by atoms with Gasteiger partial charge >= 0.3 is 12.0 Å². The van der Waals surface area contributed by atoms with Crippen molar-refractivity contribution < 1.29 is 29.0 Å². The van der Waals surface area contributed by atoms with E-state index in [2.05, 4.69) is 10.3 Å². The summed E-state index contributed by atoms with van der Waals surface area (Å²) in [6.07, 6.45) is 2.47. The highest BCUT2D eigenvalue weighted by Crippen LogP contribution is 2.15. The number of carbonyl (C=O) groups excluding carboxylic acids is 2. The molecule has 9 nitrogen and oxygen atoms in total. The first-order valence-electron chi connectivity index (χ1n) is 5.91. The predicted octanol–water partition coefficient (Wildman–Crippen LogP) is -0.369. The highest BCUT2D eigenvalue weighted by atomic mass is 16.5. The highest BCUT2D eigenvalue weighted by Gasteiger charge is 2.13. The number of aromatic nitrogens is 1. The van der Waals surface area contributed by atoms with Gasteiger partial charge in [0.1, 0.15) is 5.56 Å². The van der Waals surface area contributed by atoms with Gasteiger partial charge in [-0.1, -0.05) is 0 Å². The van der Waals surface area contributed by atoms with Crippen LogP contribution in [0.3, 0.4) is 0 Å². The molecule has 0 bridgehead atoms. The number of methoxy groups -OCH3 is 1. The summed E-state index contributed by atoms with van der Waals surface area (Å²) in [5.74, 6) is -1.98. The number of urea groups is 1. The van der Waals surface area contributed by atoms with Gasteiger partial charge in [-0.25, -0.2) is 9.59 Å². The van der Waals surface area contributed by atoms with Crippen LogP contribution in [0.4, 0.5) is 4.79 Å². The number of carboxylic acid groups (broad SMARTS) is 1. The zero-order valence-electron chi connectivity index (χ0n) is 11.3. The van der Waals surface area contributed by atoms with Crippen molar-refractivity contribution >= 4 is 17.9 Å². The van der Waals surface area contributed by atoms with Gasteiger partial charge in [0, 0.05) is 19.9 Å². The number of imide groups is 1. The fourth-order valence-electron chi connectivity index (χ4n) is 1.29. The summed E-state index contributed by atoms with van der Waals surface area (Å²) >= 11 is 0. The number of nitrogens with zero attached hydrogens (tertiary/aromatic N) is 1. The highest BCUT2D eigenvalue weighted by molar-refractivity contribution is 5.95. The van der Waals surface area contributed by atoms with Crippen molar-refractivity contribution in [2.75, 3.05) is 26.9 Å². The molecule has 1 heterocycles. The molecule has 0 aliphatic carbocycles. The SMILES string of the molecule is COCCNC(=O)NC(=O)COc1cnccc1C(=O)O. The van der Waals surface area contributed by atoms with Crippen LogP contribution in [0, 0.1) is 0 Å². The lowest BCUT2D eigenvalue weighted by molar-refractivity contribution is -0.122. The van der Waals surface area contributed by atoms with Crippen LogP contribution in [-0.4, -0.2) is 54.9 Å². The maximum atomic E-state index is 11.4. The van der Waals surface area contributed by atoms with Gasteiger partial charge in [0.25, 0.3) is 5.91 Å². The van der Waals surface area contributed by atoms with Crippen molar-refractivity contribution in [3.8, 4) is 5.75 Å². The van der Waals surface area contributed by atoms with Crippen LogP contribution in [0.1, 0.15) is 10.4 Å².